The number of hydrogen-bond acceptors (Lipinski definition) is 8. The van der Waals surface area contributed by atoms with Crippen molar-refractivity contribution in [3.05, 3.63) is 92.9 Å². The summed E-state index contributed by atoms with van der Waals surface area (Å²) in [6, 6.07) is 15.7. The Kier molecular flexibility index (Phi) is 9.46. The molecule has 0 bridgehead atoms. The molecule has 214 valence electrons. The van der Waals surface area contributed by atoms with Gasteiger partial charge in [0.2, 0.25) is 0 Å². The summed E-state index contributed by atoms with van der Waals surface area (Å²) in [5, 5.41) is 10.2. The summed E-state index contributed by atoms with van der Waals surface area (Å²) in [6.45, 7) is 3.68. The molecule has 0 atom stereocenters. The Morgan fingerprint density at radius 2 is 1.41 bits per heavy atom. The molecule has 0 N–H and O–H groups in total. The molecule has 0 radical (unpaired) electrons. The highest BCUT2D eigenvalue weighted by Crippen LogP contribution is 2.23. The van der Waals surface area contributed by atoms with E-state index < -0.39 is 0 Å². The first kappa shape index (κ1) is 28.1. The van der Waals surface area contributed by atoms with Crippen molar-refractivity contribution >= 4 is 21.9 Å². The van der Waals surface area contributed by atoms with E-state index in [4.69, 9.17) is 18.3 Å². The second-order valence-corrected chi connectivity index (χ2v) is 10.3. The van der Waals surface area contributed by atoms with Gasteiger partial charge in [0, 0.05) is 41.6 Å². The van der Waals surface area contributed by atoms with E-state index in [1.54, 1.807) is 18.2 Å². The van der Waals surface area contributed by atoms with Gasteiger partial charge in [-0.05, 0) is 55.7 Å². The van der Waals surface area contributed by atoms with Crippen LogP contribution in [0.4, 0.5) is 0 Å². The highest BCUT2D eigenvalue weighted by atomic mass is 16.5. The molecule has 0 saturated carbocycles. The van der Waals surface area contributed by atoms with Crippen LogP contribution in [0, 0.1) is 6.92 Å². The molecular weight excluding hydrogens is 522 g/mol. The van der Waals surface area contributed by atoms with Crippen molar-refractivity contribution in [3.63, 3.8) is 0 Å². The van der Waals surface area contributed by atoms with Crippen molar-refractivity contribution < 1.29 is 18.3 Å². The highest BCUT2D eigenvalue weighted by Gasteiger charge is 2.07. The van der Waals surface area contributed by atoms with Gasteiger partial charge in [-0.3, -0.25) is 4.68 Å². The fraction of sp³-hybridized carbons (Fsp3) is 0.375. The van der Waals surface area contributed by atoms with E-state index in [9.17, 15) is 9.59 Å². The molecule has 9 nitrogen and oxygen atoms in total. The minimum atomic E-state index is -0.367. The quantitative estimate of drug-likeness (QED) is 0.105. The number of rotatable bonds is 15. The normalized spacial score (nSPS) is 11.3. The van der Waals surface area contributed by atoms with E-state index in [2.05, 4.69) is 10.3 Å². The second kappa shape index (κ2) is 13.8. The molecule has 0 spiro atoms. The van der Waals surface area contributed by atoms with Gasteiger partial charge in [-0.15, -0.1) is 5.10 Å². The lowest BCUT2D eigenvalue weighted by molar-refractivity contribution is 0.301. The minimum absolute atomic E-state index is 0.299. The van der Waals surface area contributed by atoms with Crippen molar-refractivity contribution in [2.45, 2.75) is 71.4 Å². The van der Waals surface area contributed by atoms with Crippen molar-refractivity contribution in [2.75, 3.05) is 6.61 Å². The average molecular weight is 558 g/mol. The van der Waals surface area contributed by atoms with Crippen molar-refractivity contribution in [2.24, 2.45) is 0 Å². The maximum atomic E-state index is 11.6. The second-order valence-electron chi connectivity index (χ2n) is 10.3. The Bertz CT molecular complexity index is 1700. The molecule has 0 amide bonds. The Morgan fingerprint density at radius 3 is 2.27 bits per heavy atom. The van der Waals surface area contributed by atoms with Gasteiger partial charge in [-0.25, -0.2) is 9.59 Å². The van der Waals surface area contributed by atoms with E-state index >= 15 is 0 Å². The number of unbranched alkanes of at least 4 members (excludes halogenated alkanes) is 7. The van der Waals surface area contributed by atoms with Crippen LogP contribution in [0.1, 0.15) is 62.6 Å². The molecule has 3 heterocycles. The van der Waals surface area contributed by atoms with Crippen LogP contribution in [0.15, 0.2) is 79.2 Å². The van der Waals surface area contributed by atoms with Gasteiger partial charge in [0.15, 0.2) is 0 Å². The number of nitrogens with zero attached hydrogens (tertiary/aromatic N) is 3. The van der Waals surface area contributed by atoms with Crippen LogP contribution in [0.25, 0.3) is 21.9 Å². The smallest absolute Gasteiger partial charge is 0.336 e. The number of aromatic nitrogens is 3. The first-order valence-corrected chi connectivity index (χ1v) is 14.3. The fourth-order valence-corrected chi connectivity index (χ4v) is 4.82. The number of benzene rings is 2. The first-order valence-electron chi connectivity index (χ1n) is 14.3. The minimum Gasteiger partial charge on any atom is -0.493 e. The maximum absolute atomic E-state index is 11.6. The molecule has 5 rings (SSSR count). The summed E-state index contributed by atoms with van der Waals surface area (Å²) in [5.74, 6) is 1.35. The molecule has 0 unspecified atom stereocenters. The lowest BCUT2D eigenvalue weighted by atomic mass is 10.1. The number of hydrogen-bond donors (Lipinski definition) is 0. The number of fused-ring (bicyclic) bond motifs is 2. The van der Waals surface area contributed by atoms with Crippen molar-refractivity contribution in [3.8, 4) is 11.5 Å². The zero-order valence-electron chi connectivity index (χ0n) is 23.3. The van der Waals surface area contributed by atoms with Crippen LogP contribution >= 0.6 is 0 Å². The summed E-state index contributed by atoms with van der Waals surface area (Å²) < 4.78 is 24.0. The summed E-state index contributed by atoms with van der Waals surface area (Å²) in [4.78, 5) is 23.0. The molecule has 41 heavy (non-hydrogen) atoms. The van der Waals surface area contributed by atoms with Crippen molar-refractivity contribution in [1.82, 2.24) is 15.0 Å². The van der Waals surface area contributed by atoms with Crippen LogP contribution in [-0.2, 0) is 13.2 Å². The molecule has 2 aromatic carbocycles. The van der Waals surface area contributed by atoms with Crippen LogP contribution in [0.5, 0.6) is 11.5 Å². The summed E-state index contributed by atoms with van der Waals surface area (Å²) in [7, 11) is 0. The Labute approximate surface area is 237 Å². The van der Waals surface area contributed by atoms with Gasteiger partial charge < -0.3 is 18.3 Å². The zero-order chi connectivity index (χ0) is 28.4. The summed E-state index contributed by atoms with van der Waals surface area (Å²) >= 11 is 0. The third-order valence-corrected chi connectivity index (χ3v) is 7.04. The predicted molar refractivity (Wildman–Crippen MR) is 156 cm³/mol. The van der Waals surface area contributed by atoms with Gasteiger partial charge in [0.25, 0.3) is 0 Å². The van der Waals surface area contributed by atoms with E-state index in [1.807, 2.05) is 42.1 Å². The van der Waals surface area contributed by atoms with Crippen molar-refractivity contribution in [1.29, 1.82) is 0 Å². The first-order chi connectivity index (χ1) is 20.0. The lowest BCUT2D eigenvalue weighted by Gasteiger charge is -2.07. The number of ether oxygens (including phenoxy) is 2. The standard InChI is InChI=1S/C32H35N3O6/c1-23-18-32(37)41-30-20-27(13-14-28(23)30)39-22-25-21-35(34-33-25)16-8-6-4-2-3-5-7-9-17-38-26-12-10-24-11-15-31(36)40-29(24)19-26/h10-15,18-21H,2-9,16-17,22H2,1H3. The van der Waals surface area contributed by atoms with Crippen LogP contribution in [0.3, 0.4) is 0 Å². The van der Waals surface area contributed by atoms with E-state index in [-0.39, 0.29) is 11.3 Å². The molecule has 0 aliphatic heterocycles. The molecule has 5 aromatic rings. The molecule has 9 heteroatoms. The number of aryl methyl sites for hydroxylation is 2. The zero-order valence-corrected chi connectivity index (χ0v) is 23.3. The largest absolute Gasteiger partial charge is 0.493 e. The molecular formula is C32H35N3O6. The molecule has 0 aliphatic rings. The average Bonchev–Trinajstić information content (AvgIpc) is 3.42. The van der Waals surface area contributed by atoms with Gasteiger partial charge in [0.1, 0.15) is 35.0 Å². The van der Waals surface area contributed by atoms with Gasteiger partial charge in [-0.1, -0.05) is 43.7 Å². The summed E-state index contributed by atoms with van der Waals surface area (Å²) in [6.07, 6.45) is 11.1. The highest BCUT2D eigenvalue weighted by molar-refractivity contribution is 5.81. The summed E-state index contributed by atoms with van der Waals surface area (Å²) in [5.41, 5.74) is 1.99. The van der Waals surface area contributed by atoms with E-state index in [0.717, 1.165) is 60.0 Å². The van der Waals surface area contributed by atoms with Gasteiger partial charge in [-0.2, -0.15) is 0 Å². The molecule has 3 aromatic heterocycles. The molecule has 0 saturated heterocycles. The third-order valence-electron chi connectivity index (χ3n) is 7.04. The third kappa shape index (κ3) is 8.06. The van der Waals surface area contributed by atoms with Gasteiger partial charge >= 0.3 is 11.3 Å². The Balaban J connectivity index is 0.905. The predicted octanol–water partition coefficient (Wildman–Crippen LogP) is 6.58. The Morgan fingerprint density at radius 1 is 0.732 bits per heavy atom. The van der Waals surface area contributed by atoms with E-state index in [0.29, 0.717) is 30.1 Å². The fourth-order valence-electron chi connectivity index (χ4n) is 4.82. The topological polar surface area (TPSA) is 110 Å². The van der Waals surface area contributed by atoms with E-state index in [1.165, 1.54) is 37.8 Å². The Hall–Kier alpha value is -4.40. The van der Waals surface area contributed by atoms with Gasteiger partial charge in [0.05, 0.1) is 12.8 Å². The maximum Gasteiger partial charge on any atom is 0.336 e. The van der Waals surface area contributed by atoms with Crippen LogP contribution in [-0.4, -0.2) is 21.6 Å². The lowest BCUT2D eigenvalue weighted by Crippen LogP contribution is -1.99. The van der Waals surface area contributed by atoms with Crippen LogP contribution in [0.2, 0.25) is 0 Å². The SMILES string of the molecule is Cc1cc(=O)oc2cc(OCc3cn(CCCCCCCCCCOc4ccc5ccc(=O)oc5c4)nn3)ccc12. The monoisotopic (exact) mass is 557 g/mol. The van der Waals surface area contributed by atoms with Crippen LogP contribution < -0.4 is 20.7 Å². The molecule has 0 aliphatic carbocycles. The molecule has 0 fully saturated rings.